The Kier molecular flexibility index (Phi) is 1.42. The van der Waals surface area contributed by atoms with Crippen LogP contribution in [0, 0.1) is 0 Å². The molecular weight excluding hydrogens is 140 g/mol. The molecule has 3 heteroatoms. The molecule has 11 heavy (non-hydrogen) atoms. The monoisotopic (exact) mass is 154 g/mol. The Morgan fingerprint density at radius 2 is 2.45 bits per heavy atom. The molecule has 0 aromatic carbocycles. The van der Waals surface area contributed by atoms with Crippen LogP contribution in [0.4, 0.5) is 0 Å². The van der Waals surface area contributed by atoms with Gasteiger partial charge in [0.25, 0.3) is 0 Å². The Morgan fingerprint density at radius 1 is 1.64 bits per heavy atom. The van der Waals surface area contributed by atoms with E-state index in [4.69, 9.17) is 0 Å². The van der Waals surface area contributed by atoms with Gasteiger partial charge in [0.05, 0.1) is 5.66 Å². The van der Waals surface area contributed by atoms with Gasteiger partial charge in [0.15, 0.2) is 0 Å². The molecule has 2 saturated heterocycles. The Balaban J connectivity index is 2.22. The molecule has 1 amide bonds. The number of carbonyl (C=O) groups excluding carboxylic acids is 1. The molecule has 0 radical (unpaired) electrons. The van der Waals surface area contributed by atoms with Crippen LogP contribution in [-0.4, -0.2) is 29.6 Å². The number of nitrogens with one attached hydrogen (secondary N) is 1. The van der Waals surface area contributed by atoms with E-state index in [-0.39, 0.29) is 5.66 Å². The molecule has 0 aromatic rings. The molecule has 1 atom stereocenters. The first-order valence-electron chi connectivity index (χ1n) is 4.28. The predicted molar refractivity (Wildman–Crippen MR) is 42.0 cm³/mol. The second-order valence-corrected chi connectivity index (χ2v) is 3.60. The zero-order valence-corrected chi connectivity index (χ0v) is 6.89. The Labute approximate surface area is 66.8 Å². The molecule has 3 nitrogen and oxygen atoms in total. The zero-order valence-electron chi connectivity index (χ0n) is 6.89. The minimum Gasteiger partial charge on any atom is -0.323 e. The molecule has 2 fully saturated rings. The van der Waals surface area contributed by atoms with Crippen LogP contribution in [0.1, 0.15) is 26.2 Å². The van der Waals surface area contributed by atoms with Gasteiger partial charge in [-0.1, -0.05) is 0 Å². The van der Waals surface area contributed by atoms with Gasteiger partial charge in [-0.25, -0.2) is 0 Å². The van der Waals surface area contributed by atoms with Crippen LogP contribution in [-0.2, 0) is 4.79 Å². The summed E-state index contributed by atoms with van der Waals surface area (Å²) >= 11 is 0. The molecule has 0 aliphatic carbocycles. The van der Waals surface area contributed by atoms with Crippen molar-refractivity contribution in [2.75, 3.05) is 13.1 Å². The highest BCUT2D eigenvalue weighted by Crippen LogP contribution is 2.28. The minimum absolute atomic E-state index is 0.00463. The van der Waals surface area contributed by atoms with Crippen LogP contribution >= 0.6 is 0 Å². The Hall–Kier alpha value is -0.570. The van der Waals surface area contributed by atoms with Gasteiger partial charge in [-0.15, -0.1) is 0 Å². The summed E-state index contributed by atoms with van der Waals surface area (Å²) < 4.78 is 0. The first-order valence-corrected chi connectivity index (χ1v) is 4.28. The van der Waals surface area contributed by atoms with Crippen molar-refractivity contribution in [3.8, 4) is 0 Å². The SMILES string of the molecule is C[C@@]12CCCC(=O)N1CCN2. The van der Waals surface area contributed by atoms with Crippen molar-refractivity contribution in [3.63, 3.8) is 0 Å². The van der Waals surface area contributed by atoms with Gasteiger partial charge in [-0.3, -0.25) is 10.1 Å². The molecule has 1 N–H and O–H groups in total. The number of carbonyl (C=O) groups is 1. The van der Waals surface area contributed by atoms with E-state index in [1.165, 1.54) is 0 Å². The van der Waals surface area contributed by atoms with Crippen molar-refractivity contribution in [3.05, 3.63) is 0 Å². The van der Waals surface area contributed by atoms with Crippen LogP contribution in [0.5, 0.6) is 0 Å². The fraction of sp³-hybridized carbons (Fsp3) is 0.875. The number of hydrogen-bond acceptors (Lipinski definition) is 2. The van der Waals surface area contributed by atoms with E-state index >= 15 is 0 Å². The lowest BCUT2D eigenvalue weighted by Crippen LogP contribution is -2.53. The Morgan fingerprint density at radius 3 is 3.18 bits per heavy atom. The standard InChI is InChI=1S/C8H14N2O/c1-8-4-2-3-7(11)10(8)6-5-9-8/h9H,2-6H2,1H3/t8-/m0/s1. The summed E-state index contributed by atoms with van der Waals surface area (Å²) in [5.41, 5.74) is -0.00463. The zero-order chi connectivity index (χ0) is 7.90. The summed E-state index contributed by atoms with van der Waals surface area (Å²) in [6.07, 6.45) is 2.90. The molecule has 2 heterocycles. The average Bonchev–Trinajstić information content (AvgIpc) is 2.31. The number of amides is 1. The van der Waals surface area contributed by atoms with Crippen molar-refractivity contribution < 1.29 is 4.79 Å². The van der Waals surface area contributed by atoms with E-state index in [0.29, 0.717) is 5.91 Å². The summed E-state index contributed by atoms with van der Waals surface area (Å²) in [5, 5.41) is 3.37. The van der Waals surface area contributed by atoms with E-state index in [1.807, 2.05) is 4.90 Å². The van der Waals surface area contributed by atoms with Crippen LogP contribution < -0.4 is 5.32 Å². The molecule has 2 aliphatic heterocycles. The predicted octanol–water partition coefficient (Wildman–Crippen LogP) is 0.318. The van der Waals surface area contributed by atoms with E-state index in [0.717, 1.165) is 32.4 Å². The summed E-state index contributed by atoms with van der Waals surface area (Å²) in [7, 11) is 0. The summed E-state index contributed by atoms with van der Waals surface area (Å²) in [6, 6.07) is 0. The molecule has 0 unspecified atom stereocenters. The van der Waals surface area contributed by atoms with Gasteiger partial charge >= 0.3 is 0 Å². The van der Waals surface area contributed by atoms with Crippen molar-refractivity contribution in [1.29, 1.82) is 0 Å². The van der Waals surface area contributed by atoms with E-state index in [2.05, 4.69) is 12.2 Å². The topological polar surface area (TPSA) is 32.3 Å². The van der Waals surface area contributed by atoms with Gasteiger partial charge in [0.1, 0.15) is 0 Å². The summed E-state index contributed by atoms with van der Waals surface area (Å²) in [6.45, 7) is 3.98. The Bertz CT molecular complexity index is 193. The van der Waals surface area contributed by atoms with Crippen molar-refractivity contribution in [2.45, 2.75) is 31.8 Å². The highest BCUT2D eigenvalue weighted by Gasteiger charge is 2.41. The fourth-order valence-corrected chi connectivity index (χ4v) is 2.12. The van der Waals surface area contributed by atoms with E-state index in [9.17, 15) is 4.79 Å². The smallest absolute Gasteiger partial charge is 0.224 e. The lowest BCUT2D eigenvalue weighted by atomic mass is 9.98. The first kappa shape index (κ1) is 7.10. The van der Waals surface area contributed by atoms with Gasteiger partial charge < -0.3 is 4.90 Å². The summed E-state index contributed by atoms with van der Waals surface area (Å²) in [4.78, 5) is 13.3. The van der Waals surface area contributed by atoms with Crippen LogP contribution in [0.3, 0.4) is 0 Å². The van der Waals surface area contributed by atoms with E-state index < -0.39 is 0 Å². The molecule has 0 aromatic heterocycles. The van der Waals surface area contributed by atoms with Crippen LogP contribution in [0.2, 0.25) is 0 Å². The maximum absolute atomic E-state index is 11.4. The number of hydrogen-bond donors (Lipinski definition) is 1. The molecular formula is C8H14N2O. The first-order chi connectivity index (χ1) is 5.22. The van der Waals surface area contributed by atoms with Crippen LogP contribution in [0.15, 0.2) is 0 Å². The summed E-state index contributed by atoms with van der Waals surface area (Å²) in [5.74, 6) is 0.323. The number of nitrogens with zero attached hydrogens (tertiary/aromatic N) is 1. The average molecular weight is 154 g/mol. The number of piperidine rings is 1. The molecule has 0 spiro atoms. The van der Waals surface area contributed by atoms with Gasteiger partial charge in [0, 0.05) is 19.5 Å². The lowest BCUT2D eigenvalue weighted by Gasteiger charge is -2.38. The van der Waals surface area contributed by atoms with Gasteiger partial charge in [-0.2, -0.15) is 0 Å². The number of rotatable bonds is 0. The quantitative estimate of drug-likeness (QED) is 0.545. The van der Waals surface area contributed by atoms with Crippen molar-refractivity contribution in [2.24, 2.45) is 0 Å². The van der Waals surface area contributed by atoms with Crippen LogP contribution in [0.25, 0.3) is 0 Å². The molecule has 0 bridgehead atoms. The van der Waals surface area contributed by atoms with Crippen molar-refractivity contribution >= 4 is 5.91 Å². The lowest BCUT2D eigenvalue weighted by molar-refractivity contribution is -0.138. The third-order valence-electron chi connectivity index (χ3n) is 2.79. The van der Waals surface area contributed by atoms with Gasteiger partial charge in [-0.05, 0) is 19.8 Å². The molecule has 62 valence electrons. The highest BCUT2D eigenvalue weighted by atomic mass is 16.2. The van der Waals surface area contributed by atoms with E-state index in [1.54, 1.807) is 0 Å². The normalized spacial score (nSPS) is 37.5. The largest absolute Gasteiger partial charge is 0.323 e. The molecule has 2 rings (SSSR count). The second kappa shape index (κ2) is 2.21. The van der Waals surface area contributed by atoms with Crippen molar-refractivity contribution in [1.82, 2.24) is 10.2 Å². The third kappa shape index (κ3) is 0.948. The third-order valence-corrected chi connectivity index (χ3v) is 2.79. The maximum atomic E-state index is 11.4. The maximum Gasteiger partial charge on any atom is 0.224 e. The highest BCUT2D eigenvalue weighted by molar-refractivity contribution is 5.78. The minimum atomic E-state index is -0.00463. The second-order valence-electron chi connectivity index (χ2n) is 3.60. The van der Waals surface area contributed by atoms with Gasteiger partial charge in [0.2, 0.25) is 5.91 Å². The molecule has 0 saturated carbocycles. The molecule has 2 aliphatic rings. The fourth-order valence-electron chi connectivity index (χ4n) is 2.12. The number of fused-ring (bicyclic) bond motifs is 1.